The highest BCUT2D eigenvalue weighted by Gasteiger charge is 2.62. The van der Waals surface area contributed by atoms with Crippen LogP contribution in [-0.4, -0.2) is 450 Å². The molecule has 0 aromatic heterocycles. The topological polar surface area (TPSA) is 706 Å². The predicted molar refractivity (Wildman–Crippen MR) is 332 cm³/mol. The van der Waals surface area contributed by atoms with Crippen molar-refractivity contribution in [3.05, 3.63) is 0 Å². The van der Waals surface area contributed by atoms with E-state index in [2.05, 4.69) is 0 Å². The first-order valence-corrected chi connectivity index (χ1v) is 35.0. The summed E-state index contributed by atoms with van der Waals surface area (Å²) in [6.45, 7) is -1.42. The van der Waals surface area contributed by atoms with Crippen molar-refractivity contribution in [3.8, 4) is 0 Å². The van der Waals surface area contributed by atoms with E-state index in [9.17, 15) is 132 Å². The molecule has 0 saturated carbocycles. The van der Waals surface area contributed by atoms with Crippen molar-refractivity contribution in [1.29, 1.82) is 0 Å². The Morgan fingerprint density at radius 1 is 0.387 bits per heavy atom. The highest BCUT2D eigenvalue weighted by Crippen LogP contribution is 2.43. The van der Waals surface area contributed by atoms with Crippen molar-refractivity contribution < 1.29 is 213 Å². The molecule has 46 atom stereocenters. The molecule has 618 valence electrons. The minimum absolute atomic E-state index is 0.528. The second-order valence-electron chi connectivity index (χ2n) is 28.5. The molecule has 9 fully saturated rings. The Balaban J connectivity index is 0.967. The molecule has 0 aliphatic carbocycles. The average molecular weight is 1550 g/mol. The van der Waals surface area contributed by atoms with E-state index in [1.165, 1.54) is 20.8 Å². The van der Waals surface area contributed by atoms with E-state index in [0.717, 1.165) is 0 Å². The third kappa shape index (κ3) is 18.0. The molecular weight excluding hydrogens is 1450 g/mol. The molecule has 0 amide bonds. The molecule has 9 aliphatic heterocycles. The van der Waals surface area contributed by atoms with Crippen LogP contribution in [0.1, 0.15) is 41.0 Å². The highest BCUT2D eigenvalue weighted by atomic mass is 16.8. The lowest BCUT2D eigenvalue weighted by Gasteiger charge is -2.51. The largest absolute Gasteiger partial charge is 0.477 e. The molecule has 27 N–H and O–H groups in total. The summed E-state index contributed by atoms with van der Waals surface area (Å²) in [5.41, 5.74) is 5.99. The van der Waals surface area contributed by atoms with Crippen LogP contribution in [0.4, 0.5) is 0 Å². The summed E-state index contributed by atoms with van der Waals surface area (Å²) >= 11 is 0. The number of aliphatic hydroxyl groups excluding tert-OH is 24. The second kappa shape index (κ2) is 37.4. The van der Waals surface area contributed by atoms with Crippen LogP contribution in [0, 0.1) is 23.7 Å². The summed E-state index contributed by atoms with van der Waals surface area (Å²) in [6, 6.07) is -1.62. The van der Waals surface area contributed by atoms with E-state index >= 15 is 0 Å². The summed E-state index contributed by atoms with van der Waals surface area (Å²) < 4.78 is 102. The monoisotopic (exact) mass is 1550 g/mol. The maximum absolute atomic E-state index is 13.0. The van der Waals surface area contributed by atoms with Crippen LogP contribution in [0.15, 0.2) is 0 Å². The molecule has 9 heterocycles. The van der Waals surface area contributed by atoms with Gasteiger partial charge in [0.1, 0.15) is 165 Å². The number of nitrogens with two attached hydrogens (primary N) is 1. The SMILES string of the molecule is CC1C(O)[C@H](O[C@@H]2OC(CO)[C@H](O)C(O[C@]3(C(=O)O)C[C@@H](O)[C@@H](N)C(C(O)[C@H](O)CO)O3)[C@@H]2O)[C@H](CO)O[C@H]1O[C@@H]1C(O)[C@H](O)C(CO)O[C@@H]1OCC1O[C@@H](O[C@@H]2C(CO)O[C@@H](O[C@@H]3C(CO)O[C@@H](C)[C@@H](C)C3O)[C@@H](C)C2O)[C@H](O)C(OC2O[C@H](CO)[C@@H](O)C(O)C2O[C@@H]2OC(CO)[C@@H](O)C(O)[C@@H]2C)[C@@H]1O. The number of aliphatic hydroxyl groups is 24. The van der Waals surface area contributed by atoms with Crippen LogP contribution in [-0.2, 0) is 85.3 Å². The molecule has 0 bridgehead atoms. The van der Waals surface area contributed by atoms with E-state index in [4.69, 9.17) is 86.3 Å². The fourth-order valence-corrected chi connectivity index (χ4v) is 14.5. The zero-order chi connectivity index (χ0) is 78.1. The van der Waals surface area contributed by atoms with Gasteiger partial charge in [0.15, 0.2) is 44.0 Å². The van der Waals surface area contributed by atoms with Gasteiger partial charge in [-0.05, 0) is 6.92 Å². The van der Waals surface area contributed by atoms with E-state index < -0.39 is 353 Å². The van der Waals surface area contributed by atoms with Gasteiger partial charge in [-0.2, -0.15) is 0 Å². The van der Waals surface area contributed by atoms with Gasteiger partial charge in [-0.25, -0.2) is 4.79 Å². The second-order valence-corrected chi connectivity index (χ2v) is 28.5. The molecule has 9 aliphatic rings. The Labute approximate surface area is 604 Å². The molecule has 106 heavy (non-hydrogen) atoms. The Morgan fingerprint density at radius 3 is 1.21 bits per heavy atom. The third-order valence-electron chi connectivity index (χ3n) is 21.5. The van der Waals surface area contributed by atoms with Gasteiger partial charge in [0, 0.05) is 30.1 Å². The van der Waals surface area contributed by atoms with Gasteiger partial charge in [0.2, 0.25) is 0 Å². The zero-order valence-corrected chi connectivity index (χ0v) is 58.2. The summed E-state index contributed by atoms with van der Waals surface area (Å²) in [6.07, 6.45) is -75.2. The van der Waals surface area contributed by atoms with Gasteiger partial charge in [-0.1, -0.05) is 27.7 Å². The van der Waals surface area contributed by atoms with Gasteiger partial charge in [-0.3, -0.25) is 0 Å². The van der Waals surface area contributed by atoms with Crippen molar-refractivity contribution in [1.82, 2.24) is 0 Å². The lowest BCUT2D eigenvalue weighted by atomic mass is 9.88. The summed E-state index contributed by atoms with van der Waals surface area (Å²) in [5.74, 6) is -9.45. The number of aliphatic carboxylic acids is 1. The van der Waals surface area contributed by atoms with Crippen molar-refractivity contribution in [2.45, 2.75) is 298 Å². The number of carboxylic acid groups (broad SMARTS) is 1. The molecular formula is C62H107NO43. The first-order valence-electron chi connectivity index (χ1n) is 35.0. The molecule has 44 nitrogen and oxygen atoms in total. The number of ether oxygens (including phenoxy) is 17. The van der Waals surface area contributed by atoms with Gasteiger partial charge in [0.05, 0.1) is 102 Å². The van der Waals surface area contributed by atoms with E-state index in [0.29, 0.717) is 0 Å². The number of rotatable bonds is 28. The Kier molecular flexibility index (Phi) is 30.9. The maximum Gasteiger partial charge on any atom is 0.364 e. The van der Waals surface area contributed by atoms with E-state index in [-0.39, 0.29) is 0 Å². The van der Waals surface area contributed by atoms with Crippen LogP contribution in [0.2, 0.25) is 0 Å². The number of carbonyl (C=O) groups is 1. The Morgan fingerprint density at radius 2 is 0.736 bits per heavy atom. The van der Waals surface area contributed by atoms with Crippen molar-refractivity contribution >= 4 is 5.97 Å². The van der Waals surface area contributed by atoms with Crippen LogP contribution in [0.25, 0.3) is 0 Å². The van der Waals surface area contributed by atoms with Crippen LogP contribution in [0.5, 0.6) is 0 Å². The Hall–Kier alpha value is -2.21. The van der Waals surface area contributed by atoms with Gasteiger partial charge >= 0.3 is 5.97 Å². The van der Waals surface area contributed by atoms with Gasteiger partial charge < -0.3 is 214 Å². The number of carboxylic acids is 1. The molecule has 9 saturated heterocycles. The van der Waals surface area contributed by atoms with Gasteiger partial charge in [-0.15, -0.1) is 0 Å². The number of hydrogen-bond donors (Lipinski definition) is 26. The minimum Gasteiger partial charge on any atom is -0.477 e. The van der Waals surface area contributed by atoms with Crippen LogP contribution < -0.4 is 5.73 Å². The third-order valence-corrected chi connectivity index (χ3v) is 21.5. The molecule has 0 radical (unpaired) electrons. The van der Waals surface area contributed by atoms with Crippen LogP contribution >= 0.6 is 0 Å². The van der Waals surface area contributed by atoms with Crippen molar-refractivity contribution in [2.75, 3.05) is 59.5 Å². The molecule has 0 aromatic carbocycles. The fourth-order valence-electron chi connectivity index (χ4n) is 14.5. The van der Waals surface area contributed by atoms with Crippen LogP contribution in [0.3, 0.4) is 0 Å². The van der Waals surface area contributed by atoms with Gasteiger partial charge in [0.25, 0.3) is 5.79 Å². The standard InChI is InChI=1S/C62H107NO43/c1-16-20(5)91-27(12-69)46(33(16)75)99-55-18(3)34(76)47(28(13-70)96-55)100-57-44(86)50(102-60-53(43(85)39(81)25(10-67)95-60)104-54-17(2)32(74)37(79)23(8-65)92-54)41(83)30(98-57)15-90-59-52(42(84)38(80)24(9-66)94-59)103-56-19(4)35(77)48(29(14-71)97-56)101-58-45(87)51(40(82)26(11-68)93-58)106-62(61(88)89)6-21(72)31(63)49(105-62)36(78)22(73)7-64/h16-60,64-87H,6-15,63H2,1-5H3,(H,88,89)/t16-,17+,18+,19?,20+,21-,22-,23?,24?,25-,26?,27?,28?,29+,30?,31-,32?,33?,34?,35?,36?,37-,38-,39-,40+,41-,42?,43?,44-,45+,46-,47-,48-,49?,50?,51?,52-,53?,54+,55+,56+,57+,58+,59+,60?,62+/m1/s1. The zero-order valence-electron chi connectivity index (χ0n) is 58.2. The lowest BCUT2D eigenvalue weighted by Crippen LogP contribution is -2.70. The van der Waals surface area contributed by atoms with Crippen molar-refractivity contribution in [3.63, 3.8) is 0 Å². The molecule has 19 unspecified atom stereocenters. The molecule has 0 aromatic rings. The molecule has 44 heteroatoms. The van der Waals surface area contributed by atoms with Crippen molar-refractivity contribution in [2.24, 2.45) is 29.4 Å². The Bertz CT molecular complexity index is 2690. The fraction of sp³-hybridized carbons (Fsp3) is 0.984. The number of hydrogen-bond acceptors (Lipinski definition) is 43. The lowest BCUT2D eigenvalue weighted by molar-refractivity contribution is -0.400. The average Bonchev–Trinajstić information content (AvgIpc) is 0.760. The minimum atomic E-state index is -3.13. The molecule has 0 spiro atoms. The maximum atomic E-state index is 13.0. The quantitative estimate of drug-likeness (QED) is 0.0346. The highest BCUT2D eigenvalue weighted by molar-refractivity contribution is 5.76. The predicted octanol–water partition coefficient (Wildman–Crippen LogP) is -15.3. The first kappa shape index (κ1) is 87.8. The normalized spacial score (nSPS) is 51.9. The van der Waals surface area contributed by atoms with E-state index in [1.807, 2.05) is 0 Å². The van der Waals surface area contributed by atoms with E-state index in [1.54, 1.807) is 13.8 Å². The smallest absolute Gasteiger partial charge is 0.364 e. The summed E-state index contributed by atoms with van der Waals surface area (Å²) in [4.78, 5) is 13.0. The summed E-state index contributed by atoms with van der Waals surface area (Å²) in [5, 5.41) is 275. The molecule has 9 rings (SSSR count). The summed E-state index contributed by atoms with van der Waals surface area (Å²) in [7, 11) is 0. The first-order chi connectivity index (χ1) is 50.1.